The number of fused-ring (bicyclic) bond motifs is 2. The Kier molecular flexibility index (Phi) is 0.497. The summed E-state index contributed by atoms with van der Waals surface area (Å²) in [6.45, 7) is 0.741. The van der Waals surface area contributed by atoms with E-state index < -0.39 is 0 Å². The van der Waals surface area contributed by atoms with Crippen LogP contribution in [-0.4, -0.2) is 12.3 Å². The Balaban J connectivity index is 2.58. The van der Waals surface area contributed by atoms with Crippen LogP contribution in [0.4, 0.5) is 0 Å². The van der Waals surface area contributed by atoms with E-state index in [2.05, 4.69) is 5.32 Å². The number of allylic oxidation sites excluding steroid dienone is 3. The van der Waals surface area contributed by atoms with Gasteiger partial charge in [0.25, 0.3) is 0 Å². The summed E-state index contributed by atoms with van der Waals surface area (Å²) in [5, 5.41) is 2.95. The number of carbonyl (C=O) groups excluding carboxylic acids is 1. The van der Waals surface area contributed by atoms with Gasteiger partial charge in [-0.25, -0.2) is 0 Å². The normalized spacial score (nSPS) is 22.8. The maximum atomic E-state index is 10.8. The van der Waals surface area contributed by atoms with Crippen LogP contribution in [0.25, 0.3) is 0 Å². The molecule has 1 aliphatic heterocycles. The molecule has 40 valence electrons. The molecule has 8 heavy (non-hydrogen) atoms. The van der Waals surface area contributed by atoms with E-state index in [0.29, 0.717) is 0 Å². The molecule has 0 aromatic carbocycles. The van der Waals surface area contributed by atoms with Gasteiger partial charge >= 0.3 is 0 Å². The highest BCUT2D eigenvalue weighted by atomic mass is 16.1. The fourth-order valence-corrected chi connectivity index (χ4v) is 0.977. The average molecular weight is 107 g/mol. The van der Waals surface area contributed by atoms with Crippen LogP contribution in [0.3, 0.4) is 0 Å². The van der Waals surface area contributed by atoms with Crippen molar-refractivity contribution in [3.63, 3.8) is 0 Å². The van der Waals surface area contributed by atoms with Crippen molar-refractivity contribution in [2.24, 2.45) is 0 Å². The van der Waals surface area contributed by atoms with Crippen molar-refractivity contribution < 1.29 is 4.79 Å². The zero-order chi connectivity index (χ0) is 5.56. The van der Waals surface area contributed by atoms with Gasteiger partial charge in [-0.15, -0.1) is 0 Å². The van der Waals surface area contributed by atoms with Crippen LogP contribution in [0.5, 0.6) is 0 Å². The summed E-state index contributed by atoms with van der Waals surface area (Å²) in [6, 6.07) is 0. The molecule has 1 fully saturated rings. The van der Waals surface area contributed by atoms with Crippen LogP contribution >= 0.6 is 0 Å². The average Bonchev–Trinajstić information content (AvgIpc) is 2.29. The van der Waals surface area contributed by atoms with Crippen molar-refractivity contribution in [2.45, 2.75) is 0 Å². The number of ketones is 1. The Morgan fingerprint density at radius 2 is 2.38 bits per heavy atom. The third-order valence-corrected chi connectivity index (χ3v) is 1.46. The van der Waals surface area contributed by atoms with E-state index in [1.807, 2.05) is 12.2 Å². The lowest BCUT2D eigenvalue weighted by Gasteiger charge is -1.91. The van der Waals surface area contributed by atoms with E-state index in [0.717, 1.165) is 17.8 Å². The third kappa shape index (κ3) is 0.269. The molecule has 0 saturated carbocycles. The molecule has 0 spiro atoms. The van der Waals surface area contributed by atoms with E-state index in [9.17, 15) is 4.79 Å². The maximum absolute atomic E-state index is 10.8. The quantitative estimate of drug-likeness (QED) is 0.471. The largest absolute Gasteiger partial charge is 0.378 e. The van der Waals surface area contributed by atoms with Gasteiger partial charge < -0.3 is 5.32 Å². The third-order valence-electron chi connectivity index (χ3n) is 1.46. The maximum Gasteiger partial charge on any atom is 0.206 e. The number of rotatable bonds is 0. The molecule has 2 heteroatoms. The first-order chi connectivity index (χ1) is 3.88. The summed E-state index contributed by atoms with van der Waals surface area (Å²) in [5.41, 5.74) is 1.67. The first-order valence-electron chi connectivity index (χ1n) is 2.57. The topological polar surface area (TPSA) is 29.1 Å². The number of Topliss-reactive ketones (excluding diaryl/α,β-unsaturated/α-hetero) is 1. The Morgan fingerprint density at radius 3 is 2.50 bits per heavy atom. The van der Waals surface area contributed by atoms with Crippen molar-refractivity contribution in [2.75, 3.05) is 6.54 Å². The number of carbonyl (C=O) groups is 1. The molecular weight excluding hydrogens is 102 g/mol. The molecule has 1 aliphatic carbocycles. The second-order valence-corrected chi connectivity index (χ2v) is 1.95. The molecule has 2 aliphatic rings. The molecule has 1 heterocycles. The molecule has 2 nitrogen and oxygen atoms in total. The van der Waals surface area contributed by atoms with Gasteiger partial charge in [0.1, 0.15) is 0 Å². The number of hydrogen-bond acceptors (Lipinski definition) is 2. The van der Waals surface area contributed by atoms with Crippen LogP contribution in [0, 0.1) is 0 Å². The summed E-state index contributed by atoms with van der Waals surface area (Å²) in [6.07, 6.45) is 3.69. The summed E-state index contributed by atoms with van der Waals surface area (Å²) < 4.78 is 0. The lowest BCUT2D eigenvalue weighted by Crippen LogP contribution is -2.06. The van der Waals surface area contributed by atoms with Crippen LogP contribution < -0.4 is 5.32 Å². The van der Waals surface area contributed by atoms with Gasteiger partial charge in [0.05, 0.1) is 5.70 Å². The monoisotopic (exact) mass is 107 g/mol. The highest BCUT2D eigenvalue weighted by molar-refractivity contribution is 6.13. The number of nitrogens with one attached hydrogen (secondary N) is 1. The fraction of sp³-hybridized carbons (Fsp3) is 0.167. The minimum atomic E-state index is 0.185. The van der Waals surface area contributed by atoms with Crippen LogP contribution in [0.1, 0.15) is 0 Å². The van der Waals surface area contributed by atoms with Gasteiger partial charge in [0, 0.05) is 12.1 Å². The molecular formula is C6H5NO. The summed E-state index contributed by atoms with van der Waals surface area (Å²) in [5.74, 6) is 0.185. The highest BCUT2D eigenvalue weighted by Gasteiger charge is 2.25. The van der Waals surface area contributed by atoms with E-state index in [4.69, 9.17) is 0 Å². The van der Waals surface area contributed by atoms with Crippen LogP contribution in [-0.2, 0) is 4.79 Å². The second-order valence-electron chi connectivity index (χ2n) is 1.95. The SMILES string of the molecule is O=C1C2=CC=C1NC2. The smallest absolute Gasteiger partial charge is 0.206 e. The van der Waals surface area contributed by atoms with E-state index in [1.165, 1.54) is 0 Å². The molecule has 0 amide bonds. The van der Waals surface area contributed by atoms with Crippen molar-refractivity contribution in [1.82, 2.24) is 5.32 Å². The van der Waals surface area contributed by atoms with E-state index >= 15 is 0 Å². The Labute approximate surface area is 46.9 Å². The van der Waals surface area contributed by atoms with Gasteiger partial charge in [-0.1, -0.05) is 6.08 Å². The standard InChI is InChI=1S/C6H5NO/c8-6-4-1-2-5(6)7-3-4/h1-2,7H,3H2. The van der Waals surface area contributed by atoms with Crippen molar-refractivity contribution >= 4 is 5.78 Å². The first kappa shape index (κ1) is 3.89. The zero-order valence-corrected chi connectivity index (χ0v) is 4.27. The molecule has 0 atom stereocenters. The molecule has 0 unspecified atom stereocenters. The minimum absolute atomic E-state index is 0.185. The Hall–Kier alpha value is -1.05. The number of hydrogen-bond donors (Lipinski definition) is 1. The molecule has 1 N–H and O–H groups in total. The highest BCUT2D eigenvalue weighted by Crippen LogP contribution is 2.17. The zero-order valence-electron chi connectivity index (χ0n) is 4.27. The molecule has 2 bridgehead atoms. The lowest BCUT2D eigenvalue weighted by molar-refractivity contribution is -0.111. The molecule has 0 aromatic rings. The Morgan fingerprint density at radius 1 is 1.50 bits per heavy atom. The lowest BCUT2D eigenvalue weighted by atomic mass is 10.3. The van der Waals surface area contributed by atoms with Gasteiger partial charge in [-0.2, -0.15) is 0 Å². The van der Waals surface area contributed by atoms with Gasteiger partial charge in [-0.05, 0) is 6.08 Å². The summed E-state index contributed by atoms with van der Waals surface area (Å²) in [7, 11) is 0. The van der Waals surface area contributed by atoms with Gasteiger partial charge in [0.15, 0.2) is 0 Å². The molecule has 0 radical (unpaired) electrons. The predicted octanol–water partition coefficient (Wildman–Crippen LogP) is -0.0174. The minimum Gasteiger partial charge on any atom is -0.378 e. The summed E-state index contributed by atoms with van der Waals surface area (Å²) in [4.78, 5) is 10.8. The van der Waals surface area contributed by atoms with Crippen LogP contribution in [0.15, 0.2) is 23.4 Å². The number of dihydropyridines is 1. The Bertz CT molecular complexity index is 191. The van der Waals surface area contributed by atoms with Crippen molar-refractivity contribution in [3.05, 3.63) is 23.4 Å². The molecule has 2 rings (SSSR count). The predicted molar refractivity (Wildman–Crippen MR) is 29.2 cm³/mol. The summed E-state index contributed by atoms with van der Waals surface area (Å²) >= 11 is 0. The van der Waals surface area contributed by atoms with Crippen LogP contribution in [0.2, 0.25) is 0 Å². The van der Waals surface area contributed by atoms with E-state index in [1.54, 1.807) is 0 Å². The first-order valence-corrected chi connectivity index (χ1v) is 2.57. The van der Waals surface area contributed by atoms with Gasteiger partial charge in [-0.3, -0.25) is 4.79 Å². The van der Waals surface area contributed by atoms with Gasteiger partial charge in [0.2, 0.25) is 5.78 Å². The van der Waals surface area contributed by atoms with Crippen molar-refractivity contribution in [3.8, 4) is 0 Å². The molecule has 0 aromatic heterocycles. The van der Waals surface area contributed by atoms with E-state index in [-0.39, 0.29) is 5.78 Å². The second kappa shape index (κ2) is 1.02. The fourth-order valence-electron chi connectivity index (χ4n) is 0.977. The molecule has 1 saturated heterocycles. The van der Waals surface area contributed by atoms with Crippen molar-refractivity contribution in [1.29, 1.82) is 0 Å².